The first-order valence-electron chi connectivity index (χ1n) is 12.3. The van der Waals surface area contributed by atoms with Crippen molar-refractivity contribution in [2.75, 3.05) is 6.61 Å². The van der Waals surface area contributed by atoms with Gasteiger partial charge in [0.2, 0.25) is 0 Å². The largest absolute Gasteiger partial charge is 0.393 e. The zero-order chi connectivity index (χ0) is 23.4. The van der Waals surface area contributed by atoms with Crippen molar-refractivity contribution in [1.29, 1.82) is 0 Å². The summed E-state index contributed by atoms with van der Waals surface area (Å²) in [5.41, 5.74) is -4.29. The summed E-state index contributed by atoms with van der Waals surface area (Å²) in [7, 11) is 0. The average Bonchev–Trinajstić information content (AvgIpc) is 2.98. The Hall–Kier alpha value is -0.780. The van der Waals surface area contributed by atoms with Crippen molar-refractivity contribution in [3.05, 3.63) is 0 Å². The highest BCUT2D eigenvalue weighted by atomic mass is 16.3. The summed E-state index contributed by atoms with van der Waals surface area (Å²) in [5, 5.41) is 31.1. The van der Waals surface area contributed by atoms with E-state index in [9.17, 15) is 24.9 Å². The second kappa shape index (κ2) is 5.86. The lowest BCUT2D eigenvalue weighted by atomic mass is 9.44. The van der Waals surface area contributed by atoms with Crippen molar-refractivity contribution >= 4 is 11.6 Å². The predicted octanol–water partition coefficient (Wildman–Crippen LogP) is 1.86. The quantitative estimate of drug-likeness (QED) is 0.691. The molecule has 5 heteroatoms. The van der Waals surface area contributed by atoms with Crippen LogP contribution in [-0.2, 0) is 9.59 Å². The number of carbonyl (C=O) groups excluding carboxylic acids is 2. The number of Topliss-reactive ketones (excluding diaryl/α,β-unsaturated/α-hetero) is 2. The van der Waals surface area contributed by atoms with E-state index >= 15 is 0 Å². The number of ketones is 2. The molecular weight excluding hydrogens is 332 g/mol. The second-order valence-electron chi connectivity index (χ2n) is 9.04. The molecule has 3 N–H and O–H groups in total. The molecule has 2 unspecified atom stereocenters. The number of aliphatic hydroxyl groups is 3. The van der Waals surface area contributed by atoms with Gasteiger partial charge >= 0.3 is 0 Å². The fraction of sp³-hybridized carbons (Fsp3) is 0.905. The van der Waals surface area contributed by atoms with Gasteiger partial charge in [0, 0.05) is 23.2 Å². The summed E-state index contributed by atoms with van der Waals surface area (Å²) in [5.74, 6) is -4.14. The SMILES string of the molecule is [2H]C1C([2H])[C@]2(C)[C@H]3C(=O)C[C@@]4(C)[C@@H](CC[C@]4(O)C(=O)CO)[C@@H]3CC[C@]2([2H])[C@@H]([2H])[C@]1([2H])O. The first-order chi connectivity index (χ1) is 14.1. The van der Waals surface area contributed by atoms with Crippen LogP contribution in [0.3, 0.4) is 0 Å². The molecule has 146 valence electrons. The minimum atomic E-state index is -2.58. The van der Waals surface area contributed by atoms with Crippen molar-refractivity contribution in [1.82, 2.24) is 0 Å². The molecule has 5 nitrogen and oxygen atoms in total. The summed E-state index contributed by atoms with van der Waals surface area (Å²) in [6.45, 7) is 2.49. The van der Waals surface area contributed by atoms with Crippen molar-refractivity contribution in [2.24, 2.45) is 34.5 Å². The third-order valence-electron chi connectivity index (χ3n) is 8.03. The first-order valence-corrected chi connectivity index (χ1v) is 9.53. The van der Waals surface area contributed by atoms with Crippen LogP contribution in [0.5, 0.6) is 0 Å². The molecule has 4 rings (SSSR count). The molecule has 4 aliphatic rings. The number of aliphatic hydroxyl groups excluding tert-OH is 1. The minimum absolute atomic E-state index is 0.0916. The Balaban J connectivity index is 1.81. The number of hydrogen-bond acceptors (Lipinski definition) is 5. The molecule has 26 heavy (non-hydrogen) atoms. The third-order valence-corrected chi connectivity index (χ3v) is 8.03. The average molecular weight is 370 g/mol. The Morgan fingerprint density at radius 3 is 2.77 bits per heavy atom. The fourth-order valence-electron chi connectivity index (χ4n) is 6.63. The molecule has 0 heterocycles. The zero-order valence-electron chi connectivity index (χ0n) is 20.4. The van der Waals surface area contributed by atoms with E-state index in [0.29, 0.717) is 12.8 Å². The number of carbonyl (C=O) groups is 2. The molecule has 0 bridgehead atoms. The molecule has 11 atom stereocenters. The predicted molar refractivity (Wildman–Crippen MR) is 95.2 cm³/mol. The van der Waals surface area contributed by atoms with E-state index in [2.05, 4.69) is 0 Å². The van der Waals surface area contributed by atoms with Crippen LogP contribution in [0.4, 0.5) is 0 Å². The number of hydrogen-bond donors (Lipinski definition) is 3. The van der Waals surface area contributed by atoms with Gasteiger partial charge in [-0.25, -0.2) is 0 Å². The van der Waals surface area contributed by atoms with E-state index in [4.69, 9.17) is 6.85 Å². The zero-order valence-corrected chi connectivity index (χ0v) is 15.4. The highest BCUT2D eigenvalue weighted by molar-refractivity contribution is 5.92. The molecule has 0 aromatic rings. The lowest BCUT2D eigenvalue weighted by Crippen LogP contribution is -2.62. The van der Waals surface area contributed by atoms with Gasteiger partial charge in [-0.15, -0.1) is 0 Å². The lowest BCUT2D eigenvalue weighted by Gasteiger charge is -2.60. The van der Waals surface area contributed by atoms with Crippen LogP contribution in [0, 0.1) is 34.5 Å². The monoisotopic (exact) mass is 369 g/mol. The molecule has 0 spiro atoms. The van der Waals surface area contributed by atoms with Crippen LogP contribution < -0.4 is 0 Å². The molecule has 0 amide bonds. The molecule has 4 saturated carbocycles. The Labute approximate surface area is 162 Å². The Morgan fingerprint density at radius 2 is 2.08 bits per heavy atom. The van der Waals surface area contributed by atoms with E-state index in [-0.39, 0.29) is 36.9 Å². The topological polar surface area (TPSA) is 94.8 Å². The van der Waals surface area contributed by atoms with Crippen molar-refractivity contribution in [3.63, 3.8) is 0 Å². The molecule has 4 fully saturated rings. The maximum absolute atomic E-state index is 13.6. The van der Waals surface area contributed by atoms with Crippen LogP contribution in [0.2, 0.25) is 0 Å². The summed E-state index contributed by atoms with van der Waals surface area (Å²) in [4.78, 5) is 26.1. The van der Waals surface area contributed by atoms with E-state index < -0.39 is 65.9 Å². The third kappa shape index (κ3) is 2.20. The standard InChI is InChI=1S/C21H32O5/c1-19-7-5-13(23)9-12(19)3-4-14-15-6-8-21(26,17(25)11-22)20(15,2)10-16(24)18(14)19/h12-15,18,22-23,26H,3-11H2,1-2H3/t12-,13-,14+,15+,18-,19+,20+,21+/m1/s1/i5D,7D,9D,12D,13D/t5?,7?,9-,12-,13-,14+,15+,18-,19+,20+,21+. The van der Waals surface area contributed by atoms with E-state index in [0.717, 1.165) is 0 Å². The molecule has 0 aromatic heterocycles. The van der Waals surface area contributed by atoms with Gasteiger partial charge in [-0.1, -0.05) is 13.8 Å². The normalized spacial score (nSPS) is 70.5. The van der Waals surface area contributed by atoms with Gasteiger partial charge < -0.3 is 15.3 Å². The minimum Gasteiger partial charge on any atom is -0.393 e. The van der Waals surface area contributed by atoms with Crippen molar-refractivity contribution in [2.45, 2.75) is 76.8 Å². The molecule has 4 aliphatic carbocycles. The molecule has 0 aromatic carbocycles. The number of rotatable bonds is 2. The van der Waals surface area contributed by atoms with Crippen molar-refractivity contribution < 1.29 is 31.8 Å². The van der Waals surface area contributed by atoms with Gasteiger partial charge in [0.05, 0.1) is 7.45 Å². The van der Waals surface area contributed by atoms with E-state index in [1.165, 1.54) is 0 Å². The van der Waals surface area contributed by atoms with Crippen molar-refractivity contribution in [3.8, 4) is 0 Å². The molecular formula is C21H32O5. The maximum atomic E-state index is 13.6. The lowest BCUT2D eigenvalue weighted by molar-refractivity contribution is -0.180. The summed E-state index contributed by atoms with van der Waals surface area (Å²) < 4.78 is 42.8. The van der Waals surface area contributed by atoms with Crippen LogP contribution in [-0.4, -0.2) is 45.2 Å². The second-order valence-corrected chi connectivity index (χ2v) is 9.04. The highest BCUT2D eigenvalue weighted by Gasteiger charge is 2.68. The number of fused-ring (bicyclic) bond motifs is 5. The molecule has 0 saturated heterocycles. The first kappa shape index (κ1) is 13.4. The van der Waals surface area contributed by atoms with Gasteiger partial charge in [0.15, 0.2) is 5.78 Å². The van der Waals surface area contributed by atoms with E-state index in [1.807, 2.05) is 0 Å². The van der Waals surface area contributed by atoms with Crippen LogP contribution >= 0.6 is 0 Å². The summed E-state index contributed by atoms with van der Waals surface area (Å²) >= 11 is 0. The van der Waals surface area contributed by atoms with Crippen LogP contribution in [0.25, 0.3) is 0 Å². The summed E-state index contributed by atoms with van der Waals surface area (Å²) in [6, 6.07) is 0. The van der Waals surface area contributed by atoms with Gasteiger partial charge in [-0.05, 0) is 68.0 Å². The van der Waals surface area contributed by atoms with Crippen LogP contribution in [0.1, 0.15) is 72.0 Å². The summed E-state index contributed by atoms with van der Waals surface area (Å²) in [6.07, 6.45) is -6.41. The van der Waals surface area contributed by atoms with Crippen LogP contribution in [0.15, 0.2) is 0 Å². The molecule has 0 radical (unpaired) electrons. The Bertz CT molecular complexity index is 824. The Morgan fingerprint density at radius 1 is 1.35 bits per heavy atom. The smallest absolute Gasteiger partial charge is 0.190 e. The van der Waals surface area contributed by atoms with Gasteiger partial charge in [0.1, 0.15) is 18.0 Å². The van der Waals surface area contributed by atoms with Gasteiger partial charge in [-0.3, -0.25) is 9.59 Å². The van der Waals surface area contributed by atoms with E-state index in [1.54, 1.807) is 13.8 Å². The van der Waals surface area contributed by atoms with Gasteiger partial charge in [0.25, 0.3) is 0 Å². The van der Waals surface area contributed by atoms with Gasteiger partial charge in [-0.2, -0.15) is 0 Å². The highest BCUT2D eigenvalue weighted by Crippen LogP contribution is 2.67. The fourth-order valence-corrected chi connectivity index (χ4v) is 6.63. The maximum Gasteiger partial charge on any atom is 0.190 e. The Kier molecular flexibility index (Phi) is 3.02. The molecule has 0 aliphatic heterocycles.